The Bertz CT molecular complexity index is 1100. The first-order valence-corrected chi connectivity index (χ1v) is 10.7. The fourth-order valence-corrected chi connectivity index (χ4v) is 5.37. The lowest BCUT2D eigenvalue weighted by atomic mass is 10.1. The van der Waals surface area contributed by atoms with Gasteiger partial charge >= 0.3 is 0 Å². The van der Waals surface area contributed by atoms with E-state index in [-0.39, 0.29) is 5.92 Å². The van der Waals surface area contributed by atoms with Crippen LogP contribution in [0.3, 0.4) is 0 Å². The van der Waals surface area contributed by atoms with Gasteiger partial charge in [-0.3, -0.25) is 0 Å². The largest absolute Gasteiger partial charge is 0.313 e. The number of hydrogen-bond acceptors (Lipinski definition) is 4. The number of aryl methyl sites for hydroxylation is 3. The molecule has 0 bridgehead atoms. The van der Waals surface area contributed by atoms with Crippen molar-refractivity contribution in [3.63, 3.8) is 0 Å². The summed E-state index contributed by atoms with van der Waals surface area (Å²) in [5.74, 6) is 1.02. The van der Waals surface area contributed by atoms with Gasteiger partial charge in [-0.05, 0) is 62.6 Å². The van der Waals surface area contributed by atoms with Gasteiger partial charge in [0.2, 0.25) is 10.0 Å². The van der Waals surface area contributed by atoms with Crippen molar-refractivity contribution in [3.8, 4) is 0 Å². The molecule has 6 nitrogen and oxygen atoms in total. The highest BCUT2D eigenvalue weighted by atomic mass is 32.2. The molecule has 1 aliphatic rings. The summed E-state index contributed by atoms with van der Waals surface area (Å²) >= 11 is 0. The van der Waals surface area contributed by atoms with Gasteiger partial charge in [0, 0.05) is 31.7 Å². The van der Waals surface area contributed by atoms with E-state index in [1.54, 1.807) is 22.6 Å². The first kappa shape index (κ1) is 18.1. The molecule has 0 amide bonds. The van der Waals surface area contributed by atoms with Crippen LogP contribution < -0.4 is 0 Å². The average Bonchev–Trinajstić information content (AvgIpc) is 3.28. The smallest absolute Gasteiger partial charge is 0.243 e. The number of fused-ring (bicyclic) bond motifs is 1. The third kappa shape index (κ3) is 3.04. The first-order chi connectivity index (χ1) is 12.9. The molecule has 2 aromatic heterocycles. The van der Waals surface area contributed by atoms with Crippen molar-refractivity contribution in [2.45, 2.75) is 44.6 Å². The normalized spacial score (nSPS) is 18.4. The monoisotopic (exact) mass is 384 g/mol. The van der Waals surface area contributed by atoms with Crippen LogP contribution in [-0.4, -0.2) is 40.3 Å². The van der Waals surface area contributed by atoms with E-state index in [0.717, 1.165) is 41.1 Å². The number of sulfonamides is 1. The van der Waals surface area contributed by atoms with Gasteiger partial charge in [0.15, 0.2) is 5.65 Å². The number of imidazole rings is 1. The third-order valence-electron chi connectivity index (χ3n) is 5.48. The Morgan fingerprint density at radius 2 is 2.00 bits per heavy atom. The van der Waals surface area contributed by atoms with E-state index in [1.807, 2.05) is 32.0 Å². The van der Waals surface area contributed by atoms with Gasteiger partial charge in [-0.1, -0.05) is 6.07 Å². The van der Waals surface area contributed by atoms with Crippen LogP contribution in [0.1, 0.15) is 36.2 Å². The Morgan fingerprint density at radius 1 is 1.19 bits per heavy atom. The molecular formula is C20H24N4O2S. The molecule has 0 saturated carbocycles. The van der Waals surface area contributed by atoms with E-state index in [9.17, 15) is 8.42 Å². The van der Waals surface area contributed by atoms with Crippen molar-refractivity contribution in [2.24, 2.45) is 0 Å². The van der Waals surface area contributed by atoms with Crippen LogP contribution >= 0.6 is 0 Å². The lowest BCUT2D eigenvalue weighted by Crippen LogP contribution is -2.29. The van der Waals surface area contributed by atoms with E-state index < -0.39 is 10.0 Å². The van der Waals surface area contributed by atoms with Crippen molar-refractivity contribution in [3.05, 3.63) is 53.5 Å². The predicted molar refractivity (Wildman–Crippen MR) is 105 cm³/mol. The number of rotatable bonds is 4. The molecule has 1 saturated heterocycles. The molecule has 3 heterocycles. The molecule has 1 atom stereocenters. The van der Waals surface area contributed by atoms with Gasteiger partial charge in [-0.15, -0.1) is 0 Å². The number of nitrogens with zero attached hydrogens (tertiary/aromatic N) is 4. The van der Waals surface area contributed by atoms with Crippen LogP contribution in [0.2, 0.25) is 0 Å². The maximum Gasteiger partial charge on any atom is 0.243 e. The topological polar surface area (TPSA) is 68.1 Å². The maximum absolute atomic E-state index is 13.1. The van der Waals surface area contributed by atoms with Crippen molar-refractivity contribution in [1.29, 1.82) is 0 Å². The molecule has 1 fully saturated rings. The molecule has 0 unspecified atom stereocenters. The summed E-state index contributed by atoms with van der Waals surface area (Å²) < 4.78 is 29.9. The minimum absolute atomic E-state index is 0.0838. The Kier molecular flexibility index (Phi) is 4.52. The lowest BCUT2D eigenvalue weighted by Gasteiger charge is -2.17. The van der Waals surface area contributed by atoms with Gasteiger partial charge in [0.05, 0.1) is 4.90 Å². The minimum Gasteiger partial charge on any atom is -0.313 e. The van der Waals surface area contributed by atoms with Gasteiger partial charge in [0.1, 0.15) is 11.3 Å². The molecule has 0 radical (unpaired) electrons. The van der Waals surface area contributed by atoms with Gasteiger partial charge in [-0.25, -0.2) is 18.4 Å². The van der Waals surface area contributed by atoms with Crippen LogP contribution in [0.4, 0.5) is 0 Å². The van der Waals surface area contributed by atoms with Gasteiger partial charge in [-0.2, -0.15) is 4.31 Å². The van der Waals surface area contributed by atoms with E-state index in [1.165, 1.54) is 0 Å². The number of pyridine rings is 1. The van der Waals surface area contributed by atoms with Crippen LogP contribution in [-0.2, 0) is 16.6 Å². The van der Waals surface area contributed by atoms with E-state index >= 15 is 0 Å². The standard InChI is InChI=1S/C20H24N4O2S/c1-4-24-19(22-18-6-5-10-21-20(18)24)16-9-11-23(13-16)27(25,26)17-8-7-14(2)15(3)12-17/h5-8,10,12,16H,4,9,11,13H2,1-3H3/t16-/m0/s1. The Morgan fingerprint density at radius 3 is 2.74 bits per heavy atom. The second kappa shape index (κ2) is 6.73. The SMILES string of the molecule is CCn1c([C@H]2CCN(S(=O)(=O)c3ccc(C)c(C)c3)C2)nc2cccnc21. The molecule has 142 valence electrons. The van der Waals surface area contributed by atoms with E-state index in [2.05, 4.69) is 16.5 Å². The molecule has 0 N–H and O–H groups in total. The van der Waals surface area contributed by atoms with Crippen LogP contribution in [0.15, 0.2) is 41.4 Å². The molecular weight excluding hydrogens is 360 g/mol. The summed E-state index contributed by atoms with van der Waals surface area (Å²) in [5, 5.41) is 0. The molecule has 4 rings (SSSR count). The van der Waals surface area contributed by atoms with Gasteiger partial charge in [0.25, 0.3) is 0 Å². The lowest BCUT2D eigenvalue weighted by molar-refractivity contribution is 0.469. The quantitative estimate of drug-likeness (QED) is 0.692. The zero-order valence-electron chi connectivity index (χ0n) is 15.9. The van der Waals surface area contributed by atoms with Crippen molar-refractivity contribution in [2.75, 3.05) is 13.1 Å². The highest BCUT2D eigenvalue weighted by Crippen LogP contribution is 2.32. The molecule has 27 heavy (non-hydrogen) atoms. The highest BCUT2D eigenvalue weighted by Gasteiger charge is 2.35. The number of aromatic nitrogens is 3. The summed E-state index contributed by atoms with van der Waals surface area (Å²) in [4.78, 5) is 9.58. The maximum atomic E-state index is 13.1. The summed E-state index contributed by atoms with van der Waals surface area (Å²) in [6, 6.07) is 9.18. The molecule has 1 aliphatic heterocycles. The Hall–Kier alpha value is -2.25. The fourth-order valence-electron chi connectivity index (χ4n) is 3.78. The first-order valence-electron chi connectivity index (χ1n) is 9.30. The van der Waals surface area contributed by atoms with Crippen molar-refractivity contribution < 1.29 is 8.42 Å². The summed E-state index contributed by atoms with van der Waals surface area (Å²) in [6.07, 6.45) is 2.54. The molecule has 1 aromatic carbocycles. The third-order valence-corrected chi connectivity index (χ3v) is 7.34. The molecule has 0 spiro atoms. The van der Waals surface area contributed by atoms with Crippen molar-refractivity contribution in [1.82, 2.24) is 18.8 Å². The zero-order valence-corrected chi connectivity index (χ0v) is 16.7. The second-order valence-electron chi connectivity index (χ2n) is 7.16. The Labute approximate surface area is 159 Å². The summed E-state index contributed by atoms with van der Waals surface area (Å²) in [5.41, 5.74) is 3.82. The fraction of sp³-hybridized carbons (Fsp3) is 0.400. The second-order valence-corrected chi connectivity index (χ2v) is 9.09. The minimum atomic E-state index is -3.49. The number of hydrogen-bond donors (Lipinski definition) is 0. The molecule has 3 aromatic rings. The van der Waals surface area contributed by atoms with Crippen LogP contribution in [0, 0.1) is 13.8 Å². The van der Waals surface area contributed by atoms with Crippen LogP contribution in [0.25, 0.3) is 11.2 Å². The average molecular weight is 385 g/mol. The van der Waals surface area contributed by atoms with E-state index in [4.69, 9.17) is 4.98 Å². The van der Waals surface area contributed by atoms with Gasteiger partial charge < -0.3 is 4.57 Å². The zero-order chi connectivity index (χ0) is 19.2. The molecule has 7 heteroatoms. The number of benzene rings is 1. The highest BCUT2D eigenvalue weighted by molar-refractivity contribution is 7.89. The Balaban J connectivity index is 1.64. The summed E-state index contributed by atoms with van der Waals surface area (Å²) in [7, 11) is -3.49. The van der Waals surface area contributed by atoms with Crippen molar-refractivity contribution >= 4 is 21.2 Å². The summed E-state index contributed by atoms with van der Waals surface area (Å²) in [6.45, 7) is 7.73. The van der Waals surface area contributed by atoms with E-state index in [0.29, 0.717) is 18.0 Å². The van der Waals surface area contributed by atoms with Crippen LogP contribution in [0.5, 0.6) is 0 Å². The molecule has 0 aliphatic carbocycles. The predicted octanol–water partition coefficient (Wildman–Crippen LogP) is 3.25.